The van der Waals surface area contributed by atoms with Crippen molar-refractivity contribution in [3.8, 4) is 0 Å². The third kappa shape index (κ3) is 4.24. The SMILES string of the molecule is CCCC1OC2CC3C4CCC5=CC(=O)C=CC5(C)C4CCC3(C)C2(C(=O)COC2CC(O)CC(CO)O2)O1. The number of fused-ring (bicyclic) bond motifs is 7. The van der Waals surface area contributed by atoms with E-state index in [1.165, 1.54) is 5.57 Å². The molecule has 0 aromatic carbocycles. The Morgan fingerprint density at radius 1 is 1.15 bits per heavy atom. The van der Waals surface area contributed by atoms with E-state index in [9.17, 15) is 19.8 Å². The minimum absolute atomic E-state index is 0.0880. The molecule has 8 heteroatoms. The van der Waals surface area contributed by atoms with Crippen molar-refractivity contribution < 1.29 is 38.7 Å². The van der Waals surface area contributed by atoms with Gasteiger partial charge in [0, 0.05) is 23.7 Å². The first-order valence-electron chi connectivity index (χ1n) is 15.0. The molecule has 5 fully saturated rings. The Kier molecular flexibility index (Phi) is 7.21. The van der Waals surface area contributed by atoms with Gasteiger partial charge in [-0.25, -0.2) is 0 Å². The molecule has 0 aromatic heterocycles. The third-order valence-electron chi connectivity index (χ3n) is 11.2. The van der Waals surface area contributed by atoms with Crippen LogP contribution >= 0.6 is 0 Å². The van der Waals surface area contributed by atoms with Gasteiger partial charge in [-0.05, 0) is 68.4 Å². The minimum Gasteiger partial charge on any atom is -0.394 e. The number of rotatable bonds is 7. The predicted octanol–water partition coefficient (Wildman–Crippen LogP) is 3.63. The molecule has 0 aromatic rings. The number of ketones is 2. The van der Waals surface area contributed by atoms with Crippen molar-refractivity contribution in [1.29, 1.82) is 0 Å². The quantitative estimate of drug-likeness (QED) is 0.500. The second kappa shape index (κ2) is 10.1. The van der Waals surface area contributed by atoms with Gasteiger partial charge in [0.1, 0.15) is 6.61 Å². The van der Waals surface area contributed by atoms with Crippen LogP contribution in [0.15, 0.2) is 23.8 Å². The molecule has 11 unspecified atom stereocenters. The van der Waals surface area contributed by atoms with Gasteiger partial charge in [-0.2, -0.15) is 0 Å². The molecule has 0 amide bonds. The molecule has 2 N–H and O–H groups in total. The van der Waals surface area contributed by atoms with Crippen molar-refractivity contribution in [2.45, 2.75) is 115 Å². The predicted molar refractivity (Wildman–Crippen MR) is 141 cm³/mol. The Morgan fingerprint density at radius 2 is 1.97 bits per heavy atom. The van der Waals surface area contributed by atoms with Gasteiger partial charge in [-0.1, -0.05) is 38.8 Å². The highest BCUT2D eigenvalue weighted by molar-refractivity contribution is 6.01. The molecule has 4 aliphatic carbocycles. The molecule has 3 saturated carbocycles. The molecular formula is C31H44O8. The number of Topliss-reactive ketones (excluding diaryl/α,β-unsaturated/α-hetero) is 1. The molecule has 11 atom stereocenters. The molecule has 6 rings (SSSR count). The minimum atomic E-state index is -1.08. The van der Waals surface area contributed by atoms with Crippen LogP contribution in [0, 0.1) is 28.6 Å². The summed E-state index contributed by atoms with van der Waals surface area (Å²) in [4.78, 5) is 26.4. The highest BCUT2D eigenvalue weighted by Gasteiger charge is 2.74. The molecule has 0 spiro atoms. The Balaban J connectivity index is 1.26. The second-order valence-electron chi connectivity index (χ2n) is 13.2. The molecule has 0 radical (unpaired) electrons. The zero-order chi connectivity index (χ0) is 27.6. The van der Waals surface area contributed by atoms with E-state index in [2.05, 4.69) is 26.8 Å². The van der Waals surface area contributed by atoms with Crippen LogP contribution < -0.4 is 0 Å². The van der Waals surface area contributed by atoms with E-state index in [-0.39, 0.29) is 48.6 Å². The highest BCUT2D eigenvalue weighted by atomic mass is 16.7. The van der Waals surface area contributed by atoms with E-state index in [1.54, 1.807) is 6.08 Å². The lowest BCUT2D eigenvalue weighted by Gasteiger charge is -2.58. The van der Waals surface area contributed by atoms with Gasteiger partial charge in [-0.15, -0.1) is 0 Å². The van der Waals surface area contributed by atoms with E-state index in [1.807, 2.05) is 6.08 Å². The average molecular weight is 545 g/mol. The Labute approximate surface area is 231 Å². The number of hydrogen-bond donors (Lipinski definition) is 2. The summed E-state index contributed by atoms with van der Waals surface area (Å²) >= 11 is 0. The standard InChI is InChI=1S/C31H44O8/c1-4-5-27-38-26-15-24-22-7-6-18-12-19(33)8-10-29(18,2)23(22)9-11-30(24,3)31(26,39-27)25(35)17-36-28-14-20(34)13-21(16-32)37-28/h8,10,12,20-24,26-28,32,34H,4-7,9,11,13-17H2,1-3H3. The maximum absolute atomic E-state index is 14.3. The number of allylic oxidation sites excluding steroid dienone is 4. The van der Waals surface area contributed by atoms with E-state index in [0.717, 1.165) is 44.9 Å². The number of carbonyl (C=O) groups excluding carboxylic acids is 2. The van der Waals surface area contributed by atoms with Crippen molar-refractivity contribution in [1.82, 2.24) is 0 Å². The Morgan fingerprint density at radius 3 is 2.74 bits per heavy atom. The topological polar surface area (TPSA) is 112 Å². The van der Waals surface area contributed by atoms with Crippen LogP contribution in [-0.2, 0) is 28.5 Å². The summed E-state index contributed by atoms with van der Waals surface area (Å²) in [6.07, 6.45) is 9.87. The van der Waals surface area contributed by atoms with Crippen LogP contribution in [0.25, 0.3) is 0 Å². The van der Waals surface area contributed by atoms with E-state index < -0.39 is 35.8 Å². The lowest BCUT2D eigenvalue weighted by Crippen LogP contribution is -2.61. The van der Waals surface area contributed by atoms with Crippen LogP contribution in [0.1, 0.15) is 78.6 Å². The molecular weight excluding hydrogens is 500 g/mol. The lowest BCUT2D eigenvalue weighted by molar-refractivity contribution is -0.227. The number of ether oxygens (including phenoxy) is 4. The van der Waals surface area contributed by atoms with Crippen LogP contribution in [0.2, 0.25) is 0 Å². The summed E-state index contributed by atoms with van der Waals surface area (Å²) in [7, 11) is 0. The fourth-order valence-electron chi connectivity index (χ4n) is 9.33. The highest BCUT2D eigenvalue weighted by Crippen LogP contribution is 2.69. The summed E-state index contributed by atoms with van der Waals surface area (Å²) in [5, 5.41) is 19.7. The molecule has 216 valence electrons. The normalized spacial score (nSPS) is 48.6. The third-order valence-corrected chi connectivity index (χ3v) is 11.2. The van der Waals surface area contributed by atoms with E-state index in [0.29, 0.717) is 18.3 Å². The Bertz CT molecular complexity index is 1050. The lowest BCUT2D eigenvalue weighted by atomic mass is 9.47. The van der Waals surface area contributed by atoms with Gasteiger partial charge in [0.2, 0.25) is 0 Å². The summed E-state index contributed by atoms with van der Waals surface area (Å²) in [5.41, 5.74) is -0.343. The van der Waals surface area contributed by atoms with Crippen molar-refractivity contribution in [3.63, 3.8) is 0 Å². The fourth-order valence-corrected chi connectivity index (χ4v) is 9.33. The second-order valence-corrected chi connectivity index (χ2v) is 13.2. The van der Waals surface area contributed by atoms with Crippen LogP contribution in [0.4, 0.5) is 0 Å². The average Bonchev–Trinajstić information content (AvgIpc) is 3.39. The summed E-state index contributed by atoms with van der Waals surface area (Å²) in [5.74, 6) is 1.08. The maximum Gasteiger partial charge on any atom is 0.193 e. The molecule has 39 heavy (non-hydrogen) atoms. The molecule has 0 bridgehead atoms. The Hall–Kier alpha value is -1.42. The molecule has 2 aliphatic heterocycles. The smallest absolute Gasteiger partial charge is 0.193 e. The van der Waals surface area contributed by atoms with Crippen LogP contribution in [0.3, 0.4) is 0 Å². The van der Waals surface area contributed by atoms with Gasteiger partial charge >= 0.3 is 0 Å². The van der Waals surface area contributed by atoms with Gasteiger partial charge in [0.15, 0.2) is 29.7 Å². The number of aliphatic hydroxyl groups is 2. The van der Waals surface area contributed by atoms with Crippen LogP contribution in [0.5, 0.6) is 0 Å². The summed E-state index contributed by atoms with van der Waals surface area (Å²) in [6, 6.07) is 0. The first-order valence-corrected chi connectivity index (χ1v) is 15.0. The molecule has 8 nitrogen and oxygen atoms in total. The largest absolute Gasteiger partial charge is 0.394 e. The van der Waals surface area contributed by atoms with Gasteiger partial charge in [-0.3, -0.25) is 9.59 Å². The molecule has 6 aliphatic rings. The number of aliphatic hydroxyl groups excluding tert-OH is 2. The van der Waals surface area contributed by atoms with Gasteiger partial charge in [0.05, 0.1) is 24.9 Å². The van der Waals surface area contributed by atoms with Gasteiger partial charge < -0.3 is 29.2 Å². The maximum atomic E-state index is 14.3. The van der Waals surface area contributed by atoms with E-state index >= 15 is 0 Å². The fraction of sp³-hybridized carbons (Fsp3) is 0.806. The zero-order valence-electron chi connectivity index (χ0n) is 23.5. The van der Waals surface area contributed by atoms with E-state index in [4.69, 9.17) is 18.9 Å². The monoisotopic (exact) mass is 544 g/mol. The zero-order valence-corrected chi connectivity index (χ0v) is 23.5. The summed E-state index contributed by atoms with van der Waals surface area (Å²) in [6.45, 7) is 6.23. The number of hydrogen-bond acceptors (Lipinski definition) is 8. The molecule has 2 saturated heterocycles. The van der Waals surface area contributed by atoms with Crippen LogP contribution in [-0.4, -0.2) is 71.5 Å². The van der Waals surface area contributed by atoms with Crippen molar-refractivity contribution in [3.05, 3.63) is 23.8 Å². The first-order chi connectivity index (χ1) is 18.6. The van der Waals surface area contributed by atoms with Crippen molar-refractivity contribution in [2.24, 2.45) is 28.6 Å². The van der Waals surface area contributed by atoms with Crippen molar-refractivity contribution in [2.75, 3.05) is 13.2 Å². The van der Waals surface area contributed by atoms with Gasteiger partial charge in [0.25, 0.3) is 0 Å². The molecule has 2 heterocycles. The first kappa shape index (κ1) is 27.7. The van der Waals surface area contributed by atoms with Crippen molar-refractivity contribution >= 4 is 11.6 Å². The summed E-state index contributed by atoms with van der Waals surface area (Å²) < 4.78 is 25.0. The number of carbonyl (C=O) groups is 2.